The summed E-state index contributed by atoms with van der Waals surface area (Å²) in [5.41, 5.74) is 0. The van der Waals surface area contributed by atoms with Crippen molar-refractivity contribution >= 4 is 40.7 Å². The van der Waals surface area contributed by atoms with Crippen LogP contribution in [0.15, 0.2) is 0 Å². The number of amides is 1. The van der Waals surface area contributed by atoms with E-state index in [-0.39, 0.29) is 17.7 Å². The van der Waals surface area contributed by atoms with E-state index in [4.69, 9.17) is 34.8 Å². The monoisotopic (exact) mass is 215 g/mol. The molecule has 64 valence electrons. The van der Waals surface area contributed by atoms with Crippen LogP contribution in [0.1, 0.15) is 6.42 Å². The van der Waals surface area contributed by atoms with Crippen LogP contribution in [0.2, 0.25) is 0 Å². The Hall–Kier alpha value is 0.340. The van der Waals surface area contributed by atoms with Crippen LogP contribution in [0, 0.1) is 5.92 Å². The van der Waals surface area contributed by atoms with Crippen molar-refractivity contribution in [2.24, 2.45) is 5.92 Å². The number of hydrogen-bond acceptors (Lipinski definition) is 1. The Morgan fingerprint density at radius 2 is 2.18 bits per heavy atom. The molecule has 1 amide bonds. The molecule has 1 aliphatic carbocycles. The van der Waals surface area contributed by atoms with Gasteiger partial charge in [0.15, 0.2) is 0 Å². The maximum Gasteiger partial charge on any atom is 0.234 e. The largest absolute Gasteiger partial charge is 0.355 e. The molecule has 1 aliphatic rings. The number of nitrogens with one attached hydrogen (secondary N) is 1. The minimum atomic E-state index is -0.612. The van der Waals surface area contributed by atoms with Crippen molar-refractivity contribution in [3.05, 3.63) is 0 Å². The lowest BCUT2D eigenvalue weighted by Gasteiger charge is -2.01. The van der Waals surface area contributed by atoms with Gasteiger partial charge in [-0.25, -0.2) is 0 Å². The zero-order chi connectivity index (χ0) is 8.48. The van der Waals surface area contributed by atoms with Crippen LogP contribution >= 0.6 is 34.8 Å². The molecule has 1 atom stereocenters. The smallest absolute Gasteiger partial charge is 0.234 e. The Labute approximate surface area is 80.2 Å². The molecular formula is C6H8Cl3NO. The fourth-order valence-electron chi connectivity index (χ4n) is 0.775. The Bertz CT molecular complexity index is 171. The maximum absolute atomic E-state index is 10.6. The number of carbonyl (C=O) groups is 1. The summed E-state index contributed by atoms with van der Waals surface area (Å²) in [6.45, 7) is 0.526. The molecule has 1 rings (SSSR count). The average Bonchev–Trinajstić information content (AvgIpc) is 2.54. The molecule has 0 aromatic carbocycles. The van der Waals surface area contributed by atoms with Crippen LogP contribution in [0.5, 0.6) is 0 Å². The van der Waals surface area contributed by atoms with Gasteiger partial charge in [0.2, 0.25) is 5.91 Å². The SMILES string of the molecule is O=C(CCl)NCC1CC1(Cl)Cl. The van der Waals surface area contributed by atoms with E-state index in [1.54, 1.807) is 0 Å². The highest BCUT2D eigenvalue weighted by molar-refractivity contribution is 6.50. The van der Waals surface area contributed by atoms with E-state index in [1.807, 2.05) is 0 Å². The summed E-state index contributed by atoms with van der Waals surface area (Å²) in [5, 5.41) is 2.61. The summed E-state index contributed by atoms with van der Waals surface area (Å²) >= 11 is 16.7. The van der Waals surface area contributed by atoms with Crippen LogP contribution in [-0.4, -0.2) is 22.7 Å². The fraction of sp³-hybridized carbons (Fsp3) is 0.833. The standard InChI is InChI=1S/C6H8Cl3NO/c7-2-5(11)10-3-4-1-6(4,8)9/h4H,1-3H2,(H,10,11). The van der Waals surface area contributed by atoms with Gasteiger partial charge < -0.3 is 5.32 Å². The summed E-state index contributed by atoms with van der Waals surface area (Å²) in [7, 11) is 0. The second-order valence-electron chi connectivity index (χ2n) is 2.60. The van der Waals surface area contributed by atoms with Crippen LogP contribution in [-0.2, 0) is 4.79 Å². The van der Waals surface area contributed by atoms with Crippen molar-refractivity contribution in [1.82, 2.24) is 5.32 Å². The van der Waals surface area contributed by atoms with Gasteiger partial charge in [-0.15, -0.1) is 34.8 Å². The molecule has 1 unspecified atom stereocenters. The Morgan fingerprint density at radius 3 is 2.55 bits per heavy atom. The second kappa shape index (κ2) is 3.38. The molecule has 5 heteroatoms. The Morgan fingerprint density at radius 1 is 1.64 bits per heavy atom. The number of halogens is 3. The van der Waals surface area contributed by atoms with Gasteiger partial charge in [0.25, 0.3) is 0 Å². The molecule has 0 bridgehead atoms. The molecule has 0 aliphatic heterocycles. The lowest BCUT2D eigenvalue weighted by Crippen LogP contribution is -2.27. The summed E-state index contributed by atoms with van der Waals surface area (Å²) in [5.74, 6) is 0.00491. The highest BCUT2D eigenvalue weighted by Crippen LogP contribution is 2.52. The molecule has 1 N–H and O–H groups in total. The van der Waals surface area contributed by atoms with Gasteiger partial charge >= 0.3 is 0 Å². The van der Waals surface area contributed by atoms with Gasteiger partial charge in [0.05, 0.1) is 0 Å². The lowest BCUT2D eigenvalue weighted by molar-refractivity contribution is -0.118. The van der Waals surface area contributed by atoms with E-state index >= 15 is 0 Å². The molecule has 0 aromatic rings. The summed E-state index contributed by atoms with van der Waals surface area (Å²) in [4.78, 5) is 10.6. The summed E-state index contributed by atoms with van der Waals surface area (Å²) in [6.07, 6.45) is 0.749. The van der Waals surface area contributed by atoms with Crippen LogP contribution < -0.4 is 5.32 Å². The van der Waals surface area contributed by atoms with Gasteiger partial charge in [0, 0.05) is 12.5 Å². The highest BCUT2D eigenvalue weighted by Gasteiger charge is 2.51. The van der Waals surface area contributed by atoms with E-state index in [1.165, 1.54) is 0 Å². The number of carbonyl (C=O) groups excluding carboxylic acids is 1. The fourth-order valence-corrected chi connectivity index (χ4v) is 1.40. The molecule has 11 heavy (non-hydrogen) atoms. The van der Waals surface area contributed by atoms with E-state index in [0.717, 1.165) is 6.42 Å². The minimum absolute atomic E-state index is 0.00963. The van der Waals surface area contributed by atoms with Crippen molar-refractivity contribution in [2.45, 2.75) is 10.8 Å². The molecule has 0 radical (unpaired) electrons. The topological polar surface area (TPSA) is 29.1 Å². The van der Waals surface area contributed by atoms with Crippen LogP contribution in [0.4, 0.5) is 0 Å². The zero-order valence-electron chi connectivity index (χ0n) is 5.74. The lowest BCUT2D eigenvalue weighted by atomic mass is 10.4. The maximum atomic E-state index is 10.6. The van der Waals surface area contributed by atoms with E-state index in [2.05, 4.69) is 5.32 Å². The zero-order valence-corrected chi connectivity index (χ0v) is 8.01. The van der Waals surface area contributed by atoms with Crippen LogP contribution in [0.3, 0.4) is 0 Å². The Kier molecular flexibility index (Phi) is 2.90. The molecule has 0 saturated heterocycles. The third-order valence-corrected chi connectivity index (χ3v) is 2.79. The molecule has 2 nitrogen and oxygen atoms in total. The van der Waals surface area contributed by atoms with E-state index < -0.39 is 4.33 Å². The van der Waals surface area contributed by atoms with E-state index in [9.17, 15) is 4.79 Å². The highest BCUT2D eigenvalue weighted by atomic mass is 35.5. The van der Waals surface area contributed by atoms with Gasteiger partial charge in [0.1, 0.15) is 10.2 Å². The van der Waals surface area contributed by atoms with Crippen molar-refractivity contribution in [3.8, 4) is 0 Å². The number of hydrogen-bond donors (Lipinski definition) is 1. The average molecular weight is 216 g/mol. The first-order chi connectivity index (χ1) is 5.06. The third-order valence-electron chi connectivity index (χ3n) is 1.62. The predicted molar refractivity (Wildman–Crippen MR) is 46.3 cm³/mol. The van der Waals surface area contributed by atoms with Gasteiger partial charge in [-0.05, 0) is 6.42 Å². The number of rotatable bonds is 3. The van der Waals surface area contributed by atoms with Gasteiger partial charge in [-0.1, -0.05) is 0 Å². The predicted octanol–water partition coefficient (Wildman–Crippen LogP) is 1.54. The molecule has 0 heterocycles. The van der Waals surface area contributed by atoms with Crippen molar-refractivity contribution < 1.29 is 4.79 Å². The summed E-state index contributed by atoms with van der Waals surface area (Å²) < 4.78 is -0.612. The molecule has 0 spiro atoms. The molecule has 0 aromatic heterocycles. The van der Waals surface area contributed by atoms with Crippen molar-refractivity contribution in [3.63, 3.8) is 0 Å². The number of alkyl halides is 3. The first kappa shape index (κ1) is 9.43. The van der Waals surface area contributed by atoms with Crippen molar-refractivity contribution in [1.29, 1.82) is 0 Å². The molecule has 1 saturated carbocycles. The van der Waals surface area contributed by atoms with Crippen LogP contribution in [0.25, 0.3) is 0 Å². The summed E-state index contributed by atoms with van der Waals surface area (Å²) in [6, 6.07) is 0. The van der Waals surface area contributed by atoms with Gasteiger partial charge in [-0.2, -0.15) is 0 Å². The molecule has 1 fully saturated rings. The minimum Gasteiger partial charge on any atom is -0.355 e. The first-order valence-corrected chi connectivity index (χ1v) is 4.56. The normalized spacial score (nSPS) is 26.3. The third kappa shape index (κ3) is 2.69. The Balaban J connectivity index is 2.11. The first-order valence-electron chi connectivity index (χ1n) is 3.27. The molecular weight excluding hydrogens is 208 g/mol. The van der Waals surface area contributed by atoms with Crippen molar-refractivity contribution in [2.75, 3.05) is 12.4 Å². The van der Waals surface area contributed by atoms with Gasteiger partial charge in [-0.3, -0.25) is 4.79 Å². The van der Waals surface area contributed by atoms with E-state index in [0.29, 0.717) is 6.54 Å². The quantitative estimate of drug-likeness (QED) is 0.713. The second-order valence-corrected chi connectivity index (χ2v) is 4.41.